The number of nitrogens with zero attached hydrogens (tertiary/aromatic N) is 5. The van der Waals surface area contributed by atoms with Crippen LogP contribution < -0.4 is 5.56 Å². The second-order valence-electron chi connectivity index (χ2n) is 8.64. The third kappa shape index (κ3) is 4.05. The SMILES string of the molecule is Cc1onc(-c2ccccc2)c1-c1nnc(CSc2nc3ccccc3c(=O)n2C2CCCC2)o1. The Hall–Kier alpha value is -3.72. The van der Waals surface area contributed by atoms with Gasteiger partial charge in [0.05, 0.1) is 16.7 Å². The molecule has 0 N–H and O–H groups in total. The van der Waals surface area contributed by atoms with E-state index in [2.05, 4.69) is 15.4 Å². The van der Waals surface area contributed by atoms with E-state index >= 15 is 0 Å². The van der Waals surface area contributed by atoms with Crippen molar-refractivity contribution in [3.8, 4) is 22.7 Å². The van der Waals surface area contributed by atoms with Gasteiger partial charge in [0.15, 0.2) is 5.16 Å². The fourth-order valence-electron chi connectivity index (χ4n) is 4.67. The number of hydrogen-bond donors (Lipinski definition) is 0. The van der Waals surface area contributed by atoms with E-state index in [0.717, 1.165) is 31.2 Å². The largest absolute Gasteiger partial charge is 0.420 e. The lowest BCUT2D eigenvalue weighted by Crippen LogP contribution is -2.26. The summed E-state index contributed by atoms with van der Waals surface area (Å²) in [5.74, 6) is 1.82. The normalized spacial score (nSPS) is 14.2. The summed E-state index contributed by atoms with van der Waals surface area (Å²) in [6.07, 6.45) is 4.24. The van der Waals surface area contributed by atoms with E-state index in [0.29, 0.717) is 50.6 Å². The maximum Gasteiger partial charge on any atom is 0.262 e. The van der Waals surface area contributed by atoms with Gasteiger partial charge in [0, 0.05) is 11.6 Å². The van der Waals surface area contributed by atoms with Gasteiger partial charge in [-0.25, -0.2) is 4.98 Å². The van der Waals surface area contributed by atoms with E-state index in [1.165, 1.54) is 11.8 Å². The predicted molar refractivity (Wildman–Crippen MR) is 133 cm³/mol. The lowest BCUT2D eigenvalue weighted by molar-refractivity contribution is 0.399. The molecule has 0 bridgehead atoms. The molecule has 3 heterocycles. The van der Waals surface area contributed by atoms with Gasteiger partial charge < -0.3 is 8.94 Å². The molecule has 176 valence electrons. The van der Waals surface area contributed by atoms with Crippen LogP contribution in [0, 0.1) is 6.92 Å². The van der Waals surface area contributed by atoms with E-state index in [1.807, 2.05) is 66.1 Å². The first-order valence-corrected chi connectivity index (χ1v) is 12.7. The van der Waals surface area contributed by atoms with Gasteiger partial charge in [-0.05, 0) is 31.9 Å². The number of fused-ring (bicyclic) bond motifs is 1. The minimum Gasteiger partial charge on any atom is -0.420 e. The van der Waals surface area contributed by atoms with E-state index in [1.54, 1.807) is 0 Å². The lowest BCUT2D eigenvalue weighted by Gasteiger charge is -2.18. The van der Waals surface area contributed by atoms with Gasteiger partial charge in [-0.3, -0.25) is 9.36 Å². The maximum atomic E-state index is 13.4. The van der Waals surface area contributed by atoms with Gasteiger partial charge in [-0.2, -0.15) is 0 Å². The molecule has 8 nitrogen and oxygen atoms in total. The topological polar surface area (TPSA) is 99.8 Å². The number of hydrogen-bond acceptors (Lipinski definition) is 8. The Morgan fingerprint density at radius 3 is 2.63 bits per heavy atom. The van der Waals surface area contributed by atoms with Crippen LogP contribution in [-0.2, 0) is 5.75 Å². The summed E-state index contributed by atoms with van der Waals surface area (Å²) in [6, 6.07) is 17.4. The molecule has 0 spiro atoms. The highest BCUT2D eigenvalue weighted by atomic mass is 32.2. The Bertz CT molecular complexity index is 1550. The highest BCUT2D eigenvalue weighted by molar-refractivity contribution is 7.98. The van der Waals surface area contributed by atoms with Crippen molar-refractivity contribution in [2.24, 2.45) is 0 Å². The second-order valence-corrected chi connectivity index (χ2v) is 9.59. The van der Waals surface area contributed by atoms with Crippen molar-refractivity contribution in [1.82, 2.24) is 24.9 Å². The van der Waals surface area contributed by atoms with Crippen molar-refractivity contribution < 1.29 is 8.94 Å². The molecule has 0 atom stereocenters. The third-order valence-corrected chi connectivity index (χ3v) is 7.32. The Morgan fingerprint density at radius 2 is 1.80 bits per heavy atom. The number of thioether (sulfide) groups is 1. The molecule has 0 aliphatic heterocycles. The zero-order chi connectivity index (χ0) is 23.8. The molecular weight excluding hydrogens is 462 g/mol. The van der Waals surface area contributed by atoms with Crippen LogP contribution in [0.4, 0.5) is 0 Å². The number of aryl methyl sites for hydroxylation is 1. The summed E-state index contributed by atoms with van der Waals surface area (Å²) in [5, 5.41) is 14.1. The van der Waals surface area contributed by atoms with Crippen LogP contribution >= 0.6 is 11.8 Å². The molecule has 5 aromatic rings. The van der Waals surface area contributed by atoms with Crippen LogP contribution in [0.3, 0.4) is 0 Å². The number of rotatable bonds is 6. The van der Waals surface area contributed by atoms with Crippen molar-refractivity contribution >= 4 is 22.7 Å². The van der Waals surface area contributed by atoms with Crippen molar-refractivity contribution in [3.63, 3.8) is 0 Å². The van der Waals surface area contributed by atoms with E-state index in [4.69, 9.17) is 13.9 Å². The molecule has 0 saturated heterocycles. The molecule has 0 unspecified atom stereocenters. The van der Waals surface area contributed by atoms with Crippen molar-refractivity contribution in [3.05, 3.63) is 76.6 Å². The highest BCUT2D eigenvalue weighted by Gasteiger charge is 2.25. The molecule has 9 heteroatoms. The predicted octanol–water partition coefficient (Wildman–Crippen LogP) is 5.82. The average Bonchev–Trinajstić information content (AvgIpc) is 3.65. The first-order chi connectivity index (χ1) is 17.2. The smallest absolute Gasteiger partial charge is 0.262 e. The molecule has 0 amide bonds. The van der Waals surface area contributed by atoms with Crippen LogP contribution in [0.1, 0.15) is 43.4 Å². The van der Waals surface area contributed by atoms with E-state index in [-0.39, 0.29) is 11.6 Å². The monoisotopic (exact) mass is 485 g/mol. The fraction of sp³-hybridized carbons (Fsp3) is 0.269. The average molecular weight is 486 g/mol. The first kappa shape index (κ1) is 21.8. The maximum absolute atomic E-state index is 13.4. The summed E-state index contributed by atoms with van der Waals surface area (Å²) in [6.45, 7) is 1.83. The van der Waals surface area contributed by atoms with Gasteiger partial charge >= 0.3 is 0 Å². The fourth-order valence-corrected chi connectivity index (χ4v) is 5.57. The number of benzene rings is 2. The van der Waals surface area contributed by atoms with Crippen molar-refractivity contribution in [2.45, 2.75) is 49.6 Å². The minimum atomic E-state index is 0.0174. The van der Waals surface area contributed by atoms with Crippen LogP contribution in [0.2, 0.25) is 0 Å². The molecule has 1 saturated carbocycles. The quantitative estimate of drug-likeness (QED) is 0.219. The molecule has 1 aliphatic carbocycles. The molecular formula is C26H23N5O3S. The van der Waals surface area contributed by atoms with Crippen molar-refractivity contribution in [2.75, 3.05) is 0 Å². The summed E-state index contributed by atoms with van der Waals surface area (Å²) < 4.78 is 13.3. The Labute approximate surface area is 205 Å². The zero-order valence-electron chi connectivity index (χ0n) is 19.2. The van der Waals surface area contributed by atoms with E-state index < -0.39 is 0 Å². The second kappa shape index (κ2) is 9.14. The molecule has 1 fully saturated rings. The van der Waals surface area contributed by atoms with Gasteiger partial charge in [0.2, 0.25) is 5.89 Å². The third-order valence-electron chi connectivity index (χ3n) is 6.38. The Kier molecular flexibility index (Phi) is 5.69. The van der Waals surface area contributed by atoms with Crippen LogP contribution in [-0.4, -0.2) is 24.9 Å². The summed E-state index contributed by atoms with van der Waals surface area (Å²) in [4.78, 5) is 18.2. The zero-order valence-corrected chi connectivity index (χ0v) is 20.0. The standard InChI is InChI=1S/C26H23N5O3S/c1-16-22(23(30-34-16)17-9-3-2-4-10-17)24-29-28-21(33-24)15-35-26-27-20-14-8-7-13-19(20)25(32)31(26)18-11-5-6-12-18/h2-4,7-10,13-14,18H,5-6,11-12,15H2,1H3. The molecule has 35 heavy (non-hydrogen) atoms. The number of para-hydroxylation sites is 1. The lowest BCUT2D eigenvalue weighted by atomic mass is 10.1. The first-order valence-electron chi connectivity index (χ1n) is 11.7. The van der Waals surface area contributed by atoms with Gasteiger partial charge in [0.25, 0.3) is 11.4 Å². The molecule has 6 rings (SSSR count). The van der Waals surface area contributed by atoms with Gasteiger partial charge in [0.1, 0.15) is 17.0 Å². The van der Waals surface area contributed by atoms with Crippen molar-refractivity contribution in [1.29, 1.82) is 0 Å². The Morgan fingerprint density at radius 1 is 1.03 bits per heavy atom. The molecule has 0 radical (unpaired) electrons. The molecule has 3 aromatic heterocycles. The van der Waals surface area contributed by atoms with Gasteiger partial charge in [-0.1, -0.05) is 72.2 Å². The van der Waals surface area contributed by atoms with Gasteiger partial charge in [-0.15, -0.1) is 10.2 Å². The molecule has 1 aliphatic rings. The Balaban J connectivity index is 1.31. The van der Waals surface area contributed by atoms with Crippen LogP contribution in [0.15, 0.2) is 73.5 Å². The minimum absolute atomic E-state index is 0.0174. The molecule has 2 aromatic carbocycles. The van der Waals surface area contributed by atoms with Crippen LogP contribution in [0.5, 0.6) is 0 Å². The van der Waals surface area contributed by atoms with E-state index in [9.17, 15) is 4.79 Å². The highest BCUT2D eigenvalue weighted by Crippen LogP contribution is 2.35. The summed E-state index contributed by atoms with van der Waals surface area (Å²) in [5.41, 5.74) is 2.98. The summed E-state index contributed by atoms with van der Waals surface area (Å²) in [7, 11) is 0. The van der Waals surface area contributed by atoms with Crippen LogP contribution in [0.25, 0.3) is 33.6 Å². The summed E-state index contributed by atoms with van der Waals surface area (Å²) >= 11 is 1.45. The number of aromatic nitrogens is 5.